The molecular formula is C59H69FN10O5. The molecular weight excluding hydrogens is 948 g/mol. The van der Waals surface area contributed by atoms with Gasteiger partial charge in [0.2, 0.25) is 29.5 Å². The van der Waals surface area contributed by atoms with E-state index in [0.717, 1.165) is 91.0 Å². The van der Waals surface area contributed by atoms with E-state index in [1.165, 1.54) is 25.3 Å². The number of nitrogens with zero attached hydrogens (tertiary/aromatic N) is 8. The molecule has 1 aliphatic carbocycles. The highest BCUT2D eigenvalue weighted by atomic mass is 19.1. The number of nitrogens with one attached hydrogen (secondary N) is 2. The van der Waals surface area contributed by atoms with Crippen molar-refractivity contribution in [2.24, 2.45) is 11.8 Å². The second-order valence-electron chi connectivity index (χ2n) is 22.7. The zero-order valence-corrected chi connectivity index (χ0v) is 43.3. The summed E-state index contributed by atoms with van der Waals surface area (Å²) in [4.78, 5) is 88.5. The molecule has 6 fully saturated rings. The summed E-state index contributed by atoms with van der Waals surface area (Å²) >= 11 is 0. The number of pyridine rings is 1. The molecule has 0 bridgehead atoms. The van der Waals surface area contributed by atoms with Gasteiger partial charge in [0.05, 0.1) is 34.6 Å². The second-order valence-corrected chi connectivity index (χ2v) is 22.7. The lowest BCUT2D eigenvalue weighted by Crippen LogP contribution is -2.58. The summed E-state index contributed by atoms with van der Waals surface area (Å²) < 4.78 is 17.2. The molecule has 0 radical (unpaired) electrons. The Morgan fingerprint density at radius 3 is 2.12 bits per heavy atom. The van der Waals surface area contributed by atoms with Crippen molar-refractivity contribution in [2.75, 3.05) is 67.5 Å². The Hall–Kier alpha value is -6.68. The standard InChI is InChI=1S/C59H69FN10O5/c1-37(2)69-36-61-50-35-49(63-54(53(50)69)62-48-9-5-4-8-47(48)60)41-12-16-46-51(32-41)70(44-33-43(34-44)65-24-6-3-7-25-65)58(75)59(46)22-30-68(31-23-59)57(74)40-20-28-67(29-21-40)56(73)39-18-26-66(27-19-39)42-13-10-38(11-14-42)45-15-17-52(71)64-55(45)72/h4-5,8-14,16,32,35-37,39-40,43-45H,3,6-7,15,17-31,33-34H2,1-2H3,(H,62,63)(H,64,71,72)/t43?,44?,45-/m1/s1. The van der Waals surface area contributed by atoms with Crippen LogP contribution in [0.5, 0.6) is 0 Å². The number of rotatable bonds is 10. The van der Waals surface area contributed by atoms with Crippen LogP contribution in [0.2, 0.25) is 0 Å². The van der Waals surface area contributed by atoms with Gasteiger partial charge in [-0.15, -0.1) is 0 Å². The molecule has 5 aromatic rings. The lowest BCUT2D eigenvalue weighted by Gasteiger charge is -2.48. The van der Waals surface area contributed by atoms with Crippen molar-refractivity contribution in [1.29, 1.82) is 0 Å². The van der Waals surface area contributed by atoms with Gasteiger partial charge < -0.3 is 34.4 Å². The summed E-state index contributed by atoms with van der Waals surface area (Å²) in [6, 6.07) is 23.6. The van der Waals surface area contributed by atoms with Gasteiger partial charge in [0.15, 0.2) is 5.82 Å². The number of benzene rings is 3. The van der Waals surface area contributed by atoms with Crippen LogP contribution >= 0.6 is 0 Å². The summed E-state index contributed by atoms with van der Waals surface area (Å²) in [6.07, 6.45) is 12.2. The van der Waals surface area contributed by atoms with E-state index in [2.05, 4.69) is 57.4 Å². The number of amides is 5. The summed E-state index contributed by atoms with van der Waals surface area (Å²) in [5, 5.41) is 5.74. The highest BCUT2D eigenvalue weighted by Crippen LogP contribution is 2.52. The van der Waals surface area contributed by atoms with E-state index in [1.54, 1.807) is 24.5 Å². The summed E-state index contributed by atoms with van der Waals surface area (Å²) in [5.41, 5.74) is 6.58. The maximum Gasteiger partial charge on any atom is 0.238 e. The number of anilines is 4. The number of hydrogen-bond acceptors (Lipinski definition) is 10. The Balaban J connectivity index is 0.712. The first-order chi connectivity index (χ1) is 36.4. The Kier molecular flexibility index (Phi) is 13.2. The predicted octanol–water partition coefficient (Wildman–Crippen LogP) is 8.46. The fraction of sp³-hybridized carbons (Fsp3) is 0.508. The van der Waals surface area contributed by atoms with Gasteiger partial charge in [0.1, 0.15) is 11.3 Å². The zero-order valence-electron chi connectivity index (χ0n) is 43.3. The average molecular weight is 1020 g/mol. The van der Waals surface area contributed by atoms with Crippen molar-refractivity contribution < 1.29 is 28.4 Å². The summed E-state index contributed by atoms with van der Waals surface area (Å²) in [5.74, 6) is -0.377. The minimum Gasteiger partial charge on any atom is -0.371 e. The number of carbonyl (C=O) groups is 5. The SMILES string of the molecule is CC(C)n1cnc2cc(-c3ccc4c(c3)N(C3CC(N5CCCCC5)C3)C(=O)C43CCN(C(=O)C4CCN(C(=O)C5CCN(c6ccc([C@H]7CCC(=O)NC7=O)cc6)CC5)CC4)CC3)nc(Nc3ccccc3F)c21. The van der Waals surface area contributed by atoms with Crippen LogP contribution in [-0.2, 0) is 29.4 Å². The number of carbonyl (C=O) groups excluding carboxylic acids is 5. The van der Waals surface area contributed by atoms with Crippen molar-refractivity contribution >= 4 is 63.4 Å². The number of imide groups is 1. The van der Waals surface area contributed by atoms with Gasteiger partial charge in [0.25, 0.3) is 0 Å². The van der Waals surface area contributed by atoms with E-state index < -0.39 is 5.41 Å². The van der Waals surface area contributed by atoms with E-state index >= 15 is 9.18 Å². The number of likely N-dealkylation sites (tertiary alicyclic amines) is 3. The molecule has 5 amide bonds. The van der Waals surface area contributed by atoms with Crippen LogP contribution in [-0.4, -0.2) is 123 Å². The molecule has 1 saturated carbocycles. The number of halogens is 1. The number of hydrogen-bond donors (Lipinski definition) is 2. The normalized spacial score (nSPS) is 23.7. The Morgan fingerprint density at radius 2 is 1.44 bits per heavy atom. The van der Waals surface area contributed by atoms with Crippen LogP contribution in [0.1, 0.15) is 120 Å². The van der Waals surface area contributed by atoms with E-state index in [9.17, 15) is 19.2 Å². The van der Waals surface area contributed by atoms with E-state index in [0.29, 0.717) is 87.9 Å². The van der Waals surface area contributed by atoms with E-state index in [4.69, 9.17) is 9.97 Å². The fourth-order valence-corrected chi connectivity index (χ4v) is 13.6. The molecule has 16 heteroatoms. The predicted molar refractivity (Wildman–Crippen MR) is 286 cm³/mol. The molecule has 1 atom stereocenters. The maximum absolute atomic E-state index is 15.3. The van der Waals surface area contributed by atoms with E-state index in [1.807, 2.05) is 44.7 Å². The lowest BCUT2D eigenvalue weighted by atomic mass is 9.73. The number of para-hydroxylation sites is 1. The van der Waals surface area contributed by atoms with Crippen LogP contribution < -0.4 is 20.4 Å². The first-order valence-corrected chi connectivity index (χ1v) is 27.8. The van der Waals surface area contributed by atoms with Crippen LogP contribution in [0.3, 0.4) is 0 Å². The molecule has 8 heterocycles. The highest BCUT2D eigenvalue weighted by molar-refractivity contribution is 6.09. The molecule has 3 aromatic carbocycles. The molecule has 6 aliphatic heterocycles. The van der Waals surface area contributed by atoms with Crippen LogP contribution in [0.25, 0.3) is 22.3 Å². The number of imidazole rings is 1. The smallest absolute Gasteiger partial charge is 0.238 e. The first-order valence-electron chi connectivity index (χ1n) is 27.8. The van der Waals surface area contributed by atoms with Gasteiger partial charge in [0, 0.05) is 92.6 Å². The Morgan fingerprint density at radius 1 is 0.760 bits per heavy atom. The van der Waals surface area contributed by atoms with E-state index in [-0.39, 0.29) is 65.2 Å². The quantitative estimate of drug-likeness (QED) is 0.130. The molecule has 0 unspecified atom stereocenters. The third-order valence-electron chi connectivity index (χ3n) is 18.1. The largest absolute Gasteiger partial charge is 0.371 e. The molecule has 2 N–H and O–H groups in total. The Labute approximate surface area is 438 Å². The molecule has 75 heavy (non-hydrogen) atoms. The first kappa shape index (κ1) is 49.2. The third-order valence-corrected chi connectivity index (χ3v) is 18.1. The second kappa shape index (κ2) is 20.1. The fourth-order valence-electron chi connectivity index (χ4n) is 13.6. The molecule has 15 nitrogen and oxygen atoms in total. The lowest BCUT2D eigenvalue weighted by molar-refractivity contribution is -0.144. The van der Waals surface area contributed by atoms with Crippen molar-refractivity contribution in [3.63, 3.8) is 0 Å². The molecule has 2 aromatic heterocycles. The molecule has 7 aliphatic rings. The van der Waals surface area contributed by atoms with Crippen molar-refractivity contribution in [1.82, 2.24) is 34.6 Å². The van der Waals surface area contributed by atoms with Crippen LogP contribution in [0.15, 0.2) is 79.1 Å². The van der Waals surface area contributed by atoms with Crippen molar-refractivity contribution in [3.8, 4) is 11.3 Å². The molecule has 1 spiro atoms. The highest BCUT2D eigenvalue weighted by Gasteiger charge is 2.56. The molecule has 392 valence electrons. The minimum atomic E-state index is -0.740. The number of aromatic nitrogens is 3. The number of fused-ring (bicyclic) bond motifs is 3. The van der Waals surface area contributed by atoms with Crippen molar-refractivity contribution in [3.05, 3.63) is 96.1 Å². The zero-order chi connectivity index (χ0) is 51.5. The Bertz CT molecular complexity index is 3010. The van der Waals surface area contributed by atoms with Gasteiger partial charge in [-0.05, 0) is 145 Å². The minimum absolute atomic E-state index is 0.0536. The van der Waals surface area contributed by atoms with Gasteiger partial charge in [-0.2, -0.15) is 0 Å². The van der Waals surface area contributed by atoms with Crippen molar-refractivity contribution in [2.45, 2.75) is 127 Å². The third kappa shape index (κ3) is 9.14. The monoisotopic (exact) mass is 1020 g/mol. The van der Waals surface area contributed by atoms with Gasteiger partial charge in [-0.3, -0.25) is 29.3 Å². The topological polar surface area (TPSA) is 156 Å². The molecule has 12 rings (SSSR count). The van der Waals surface area contributed by atoms with Gasteiger partial charge in [-0.1, -0.05) is 42.8 Å². The van der Waals surface area contributed by atoms with Gasteiger partial charge in [-0.25, -0.2) is 14.4 Å². The van der Waals surface area contributed by atoms with Crippen LogP contribution in [0, 0.1) is 17.7 Å². The summed E-state index contributed by atoms with van der Waals surface area (Å²) in [6.45, 7) is 10.1. The number of piperidine rings is 5. The van der Waals surface area contributed by atoms with Gasteiger partial charge >= 0.3 is 0 Å². The van der Waals surface area contributed by atoms with Crippen LogP contribution in [0.4, 0.5) is 27.3 Å². The molecule has 5 saturated heterocycles. The maximum atomic E-state index is 15.3. The summed E-state index contributed by atoms with van der Waals surface area (Å²) in [7, 11) is 0. The average Bonchev–Trinajstić information content (AvgIpc) is 3.96.